The molecule has 2 aromatic rings. The molecule has 9 nitrogen and oxygen atoms in total. The molecular weight excluding hydrogens is 424 g/mol. The van der Waals surface area contributed by atoms with Crippen LogP contribution in [0.1, 0.15) is 22.0 Å². The van der Waals surface area contributed by atoms with Gasteiger partial charge < -0.3 is 15.0 Å². The Morgan fingerprint density at radius 2 is 1.84 bits per heavy atom. The Bertz CT molecular complexity index is 991. The maximum Gasteiger partial charge on any atom is 0.327 e. The molecule has 1 saturated heterocycles. The van der Waals surface area contributed by atoms with E-state index in [4.69, 9.17) is 16.3 Å². The lowest BCUT2D eigenvalue weighted by atomic mass is 10.0. The predicted molar refractivity (Wildman–Crippen MR) is 116 cm³/mol. The van der Waals surface area contributed by atoms with Crippen molar-refractivity contribution < 1.29 is 19.2 Å². The molecule has 1 aliphatic heterocycles. The number of carbonyl (C=O) groups excluding carboxylic acids is 2. The number of ether oxygens (including phenoxy) is 1. The number of hydrogen-bond acceptors (Lipinski definition) is 7. The fraction of sp³-hybridized carbons (Fsp3) is 0.333. The van der Waals surface area contributed by atoms with Gasteiger partial charge in [-0.1, -0.05) is 29.8 Å². The third kappa shape index (κ3) is 4.78. The molecule has 1 aliphatic rings. The summed E-state index contributed by atoms with van der Waals surface area (Å²) in [4.78, 5) is 39.7. The summed E-state index contributed by atoms with van der Waals surface area (Å²) in [6, 6.07) is 10.6. The number of benzene rings is 2. The first-order valence-corrected chi connectivity index (χ1v) is 10.1. The number of carbonyl (C=O) groups is 2. The van der Waals surface area contributed by atoms with E-state index < -0.39 is 16.9 Å². The second-order valence-corrected chi connectivity index (χ2v) is 7.42. The zero-order valence-corrected chi connectivity index (χ0v) is 18.0. The van der Waals surface area contributed by atoms with Gasteiger partial charge in [0, 0.05) is 56.1 Å². The minimum atomic E-state index is -0.679. The molecule has 10 heteroatoms. The number of nitro groups is 1. The van der Waals surface area contributed by atoms with Crippen molar-refractivity contribution in [2.24, 2.45) is 0 Å². The molecule has 1 atom stereocenters. The number of hydrogen-bond donors (Lipinski definition) is 1. The molecule has 0 saturated carbocycles. The lowest BCUT2D eigenvalue weighted by Crippen LogP contribution is -2.51. The number of halogens is 1. The van der Waals surface area contributed by atoms with E-state index in [9.17, 15) is 19.7 Å². The first-order chi connectivity index (χ1) is 14.9. The van der Waals surface area contributed by atoms with Crippen molar-refractivity contribution in [1.29, 1.82) is 0 Å². The SMILES string of the molecule is CNc1ccc([N+](=O)[O-])cc1C(=O)N1CCN(C(C(=O)OC)c2ccccc2Cl)CC1. The smallest absolute Gasteiger partial charge is 0.327 e. The van der Waals surface area contributed by atoms with E-state index in [-0.39, 0.29) is 17.2 Å². The molecule has 0 spiro atoms. The highest BCUT2D eigenvalue weighted by atomic mass is 35.5. The molecule has 164 valence electrons. The van der Waals surface area contributed by atoms with Crippen molar-refractivity contribution in [2.45, 2.75) is 6.04 Å². The van der Waals surface area contributed by atoms with E-state index in [0.717, 1.165) is 0 Å². The van der Waals surface area contributed by atoms with Gasteiger partial charge in [0.15, 0.2) is 0 Å². The van der Waals surface area contributed by atoms with Crippen LogP contribution in [0.5, 0.6) is 0 Å². The largest absolute Gasteiger partial charge is 0.468 e. The first-order valence-electron chi connectivity index (χ1n) is 9.69. The monoisotopic (exact) mass is 446 g/mol. The fourth-order valence-electron chi connectivity index (χ4n) is 3.68. The first kappa shape index (κ1) is 22.5. The molecule has 0 aromatic heterocycles. The molecule has 2 aromatic carbocycles. The third-order valence-corrected chi connectivity index (χ3v) is 5.65. The van der Waals surface area contributed by atoms with Crippen LogP contribution in [-0.2, 0) is 9.53 Å². The van der Waals surface area contributed by atoms with Crippen LogP contribution in [-0.4, -0.2) is 66.9 Å². The Kier molecular flexibility index (Phi) is 7.09. The fourth-order valence-corrected chi connectivity index (χ4v) is 3.91. The quantitative estimate of drug-likeness (QED) is 0.413. The van der Waals surface area contributed by atoms with Crippen molar-refractivity contribution in [3.05, 3.63) is 68.7 Å². The molecule has 1 heterocycles. The van der Waals surface area contributed by atoms with Gasteiger partial charge in [-0.15, -0.1) is 0 Å². The van der Waals surface area contributed by atoms with Crippen molar-refractivity contribution in [3.63, 3.8) is 0 Å². The maximum atomic E-state index is 13.1. The summed E-state index contributed by atoms with van der Waals surface area (Å²) < 4.78 is 4.99. The summed E-state index contributed by atoms with van der Waals surface area (Å²) in [5, 5.41) is 14.5. The van der Waals surface area contributed by atoms with Crippen LogP contribution in [0, 0.1) is 10.1 Å². The van der Waals surface area contributed by atoms with Gasteiger partial charge in [0.25, 0.3) is 11.6 Å². The van der Waals surface area contributed by atoms with Crippen LogP contribution in [0.4, 0.5) is 11.4 Å². The average Bonchev–Trinajstić information content (AvgIpc) is 2.79. The molecule has 31 heavy (non-hydrogen) atoms. The van der Waals surface area contributed by atoms with Gasteiger partial charge in [0.05, 0.1) is 17.6 Å². The second kappa shape index (κ2) is 9.76. The van der Waals surface area contributed by atoms with E-state index in [1.807, 2.05) is 4.90 Å². The van der Waals surface area contributed by atoms with Crippen LogP contribution in [0.25, 0.3) is 0 Å². The summed E-state index contributed by atoms with van der Waals surface area (Å²) >= 11 is 6.31. The summed E-state index contributed by atoms with van der Waals surface area (Å²) in [5.41, 5.74) is 1.25. The van der Waals surface area contributed by atoms with Gasteiger partial charge in [0.2, 0.25) is 0 Å². The highest BCUT2D eigenvalue weighted by Gasteiger charge is 2.34. The van der Waals surface area contributed by atoms with E-state index in [0.29, 0.717) is 42.5 Å². The van der Waals surface area contributed by atoms with Gasteiger partial charge in [-0.05, 0) is 17.7 Å². The lowest BCUT2D eigenvalue weighted by Gasteiger charge is -2.38. The van der Waals surface area contributed by atoms with Gasteiger partial charge in [0.1, 0.15) is 6.04 Å². The third-order valence-electron chi connectivity index (χ3n) is 5.30. The van der Waals surface area contributed by atoms with Gasteiger partial charge >= 0.3 is 5.97 Å². The van der Waals surface area contributed by atoms with Crippen LogP contribution in [0.3, 0.4) is 0 Å². The molecule has 1 amide bonds. The van der Waals surface area contributed by atoms with E-state index in [2.05, 4.69) is 5.32 Å². The molecule has 0 bridgehead atoms. The van der Waals surface area contributed by atoms with Crippen LogP contribution < -0.4 is 5.32 Å². The van der Waals surface area contributed by atoms with E-state index in [1.54, 1.807) is 36.2 Å². The Morgan fingerprint density at radius 3 is 2.42 bits per heavy atom. The normalized spacial score (nSPS) is 15.3. The lowest BCUT2D eigenvalue weighted by molar-refractivity contribution is -0.384. The maximum absolute atomic E-state index is 13.1. The number of nitro benzene ring substituents is 1. The van der Waals surface area contributed by atoms with Crippen molar-refractivity contribution >= 4 is 34.9 Å². The molecule has 1 N–H and O–H groups in total. The Balaban J connectivity index is 1.79. The van der Waals surface area contributed by atoms with Crippen LogP contribution in [0.2, 0.25) is 5.02 Å². The summed E-state index contributed by atoms with van der Waals surface area (Å²) in [7, 11) is 2.98. The zero-order chi connectivity index (χ0) is 22.5. The van der Waals surface area contributed by atoms with Gasteiger partial charge in [-0.3, -0.25) is 19.8 Å². The number of anilines is 1. The van der Waals surface area contributed by atoms with E-state index >= 15 is 0 Å². The van der Waals surface area contributed by atoms with Crippen LogP contribution >= 0.6 is 11.6 Å². The number of nitrogens with zero attached hydrogens (tertiary/aromatic N) is 3. The summed E-state index contributed by atoms with van der Waals surface area (Å²) in [6.07, 6.45) is 0. The molecule has 1 unspecified atom stereocenters. The van der Waals surface area contributed by atoms with Crippen LogP contribution in [0.15, 0.2) is 42.5 Å². The number of methoxy groups -OCH3 is 1. The highest BCUT2D eigenvalue weighted by molar-refractivity contribution is 6.31. The molecule has 0 aliphatic carbocycles. The predicted octanol–water partition coefficient (Wildman–Crippen LogP) is 2.96. The Labute approximate surface area is 184 Å². The topological polar surface area (TPSA) is 105 Å². The zero-order valence-electron chi connectivity index (χ0n) is 17.2. The average molecular weight is 447 g/mol. The minimum Gasteiger partial charge on any atom is -0.468 e. The number of non-ortho nitro benzene ring substituents is 1. The standard InChI is InChI=1S/C21H23ClN4O5/c1-23-18-8-7-14(26(29)30)13-16(18)20(27)25-11-9-24(10-12-25)19(21(28)31-2)15-5-3-4-6-17(15)22/h3-8,13,19,23H,9-12H2,1-2H3. The van der Waals surface area contributed by atoms with E-state index in [1.165, 1.54) is 25.3 Å². The second-order valence-electron chi connectivity index (χ2n) is 7.01. The van der Waals surface area contributed by atoms with Gasteiger partial charge in [-0.2, -0.15) is 0 Å². The number of piperazine rings is 1. The molecule has 3 rings (SSSR count). The number of amides is 1. The number of nitrogens with one attached hydrogen (secondary N) is 1. The molecule has 0 radical (unpaired) electrons. The number of rotatable bonds is 6. The van der Waals surface area contributed by atoms with Gasteiger partial charge in [-0.25, -0.2) is 4.79 Å². The highest BCUT2D eigenvalue weighted by Crippen LogP contribution is 2.30. The molecule has 1 fully saturated rings. The minimum absolute atomic E-state index is 0.148. The Morgan fingerprint density at radius 1 is 1.16 bits per heavy atom. The summed E-state index contributed by atoms with van der Waals surface area (Å²) in [6.45, 7) is 1.53. The van der Waals surface area contributed by atoms with Crippen molar-refractivity contribution in [1.82, 2.24) is 9.80 Å². The summed E-state index contributed by atoms with van der Waals surface area (Å²) in [5.74, 6) is -0.732. The molecular formula is C21H23ClN4O5. The number of esters is 1. The van der Waals surface area contributed by atoms with Crippen molar-refractivity contribution in [2.75, 3.05) is 45.7 Å². The Hall–Kier alpha value is -3.17. The van der Waals surface area contributed by atoms with Crippen molar-refractivity contribution in [3.8, 4) is 0 Å².